The summed E-state index contributed by atoms with van der Waals surface area (Å²) in [5, 5.41) is 6.58. The number of benzene rings is 1. The first-order chi connectivity index (χ1) is 11.4. The van der Waals surface area contributed by atoms with Crippen LogP contribution in [0.5, 0.6) is 0 Å². The van der Waals surface area contributed by atoms with Crippen LogP contribution < -0.4 is 21.5 Å². The molecule has 134 valence electrons. The molecule has 1 aliphatic rings. The van der Waals surface area contributed by atoms with Crippen LogP contribution in [-0.2, 0) is 4.79 Å². The van der Waals surface area contributed by atoms with Crippen LogP contribution in [0.4, 0.5) is 5.69 Å². The second-order valence-corrected chi connectivity index (χ2v) is 8.14. The number of hydrogen-bond acceptors (Lipinski definition) is 4. The first-order valence-corrected chi connectivity index (χ1v) is 9.56. The van der Waals surface area contributed by atoms with Gasteiger partial charge in [-0.25, -0.2) is 5.43 Å². The van der Waals surface area contributed by atoms with Crippen molar-refractivity contribution in [2.75, 3.05) is 11.9 Å². The highest BCUT2D eigenvalue weighted by molar-refractivity contribution is 9.09. The maximum absolute atomic E-state index is 12.5. The zero-order valence-electron chi connectivity index (χ0n) is 14.8. The molecular formula is C18H29BrN4O. The van der Waals surface area contributed by atoms with Gasteiger partial charge in [0.25, 0.3) is 0 Å². The van der Waals surface area contributed by atoms with E-state index in [0.717, 1.165) is 5.69 Å². The fourth-order valence-corrected chi connectivity index (χ4v) is 3.93. The largest absolute Gasteiger partial charge is 0.380 e. The summed E-state index contributed by atoms with van der Waals surface area (Å²) in [5.41, 5.74) is 7.40. The van der Waals surface area contributed by atoms with E-state index in [1.807, 2.05) is 30.3 Å². The van der Waals surface area contributed by atoms with Gasteiger partial charge in [0.05, 0.1) is 4.83 Å². The van der Waals surface area contributed by atoms with Crippen LogP contribution in [0.25, 0.3) is 0 Å². The van der Waals surface area contributed by atoms with Crippen molar-refractivity contribution in [3.63, 3.8) is 0 Å². The summed E-state index contributed by atoms with van der Waals surface area (Å²) in [6, 6.07) is 10.3. The molecule has 6 heteroatoms. The zero-order chi connectivity index (χ0) is 17.7. The van der Waals surface area contributed by atoms with Gasteiger partial charge in [0.2, 0.25) is 5.91 Å². The number of amides is 1. The molecule has 1 aromatic rings. The van der Waals surface area contributed by atoms with Crippen molar-refractivity contribution in [2.24, 2.45) is 11.8 Å². The quantitative estimate of drug-likeness (QED) is 0.534. The number of hydrogen-bond donors (Lipinski definition) is 4. The molecule has 0 radical (unpaired) electrons. The highest BCUT2D eigenvalue weighted by atomic mass is 79.9. The van der Waals surface area contributed by atoms with E-state index in [1.165, 1.54) is 0 Å². The highest BCUT2D eigenvalue weighted by Crippen LogP contribution is 2.21. The molecule has 1 aliphatic heterocycles. The van der Waals surface area contributed by atoms with Gasteiger partial charge >= 0.3 is 0 Å². The number of anilines is 1. The minimum atomic E-state index is -0.262. The van der Waals surface area contributed by atoms with Crippen molar-refractivity contribution in [3.05, 3.63) is 30.3 Å². The van der Waals surface area contributed by atoms with Crippen LogP contribution >= 0.6 is 15.9 Å². The smallest absolute Gasteiger partial charge is 0.239 e. The Balaban J connectivity index is 1.89. The van der Waals surface area contributed by atoms with Crippen molar-refractivity contribution in [1.29, 1.82) is 0 Å². The third-order valence-electron chi connectivity index (χ3n) is 4.49. The average molecular weight is 397 g/mol. The number of para-hydroxylation sites is 1. The van der Waals surface area contributed by atoms with E-state index < -0.39 is 0 Å². The molecule has 4 N–H and O–H groups in total. The van der Waals surface area contributed by atoms with Crippen LogP contribution in [0.15, 0.2) is 30.3 Å². The molecule has 0 aliphatic carbocycles. The highest BCUT2D eigenvalue weighted by Gasteiger charge is 2.39. The van der Waals surface area contributed by atoms with Gasteiger partial charge in [-0.05, 0) is 24.0 Å². The first-order valence-electron chi connectivity index (χ1n) is 8.64. The Morgan fingerprint density at radius 2 is 1.83 bits per heavy atom. The summed E-state index contributed by atoms with van der Waals surface area (Å²) in [6.45, 7) is 9.20. The Hall–Kier alpha value is -1.11. The molecule has 4 atom stereocenters. The minimum Gasteiger partial charge on any atom is -0.380 e. The van der Waals surface area contributed by atoms with Gasteiger partial charge in [0.1, 0.15) is 6.04 Å². The van der Waals surface area contributed by atoms with Crippen molar-refractivity contribution >= 4 is 27.5 Å². The van der Waals surface area contributed by atoms with E-state index in [4.69, 9.17) is 0 Å². The first kappa shape index (κ1) is 19.2. The molecule has 1 amide bonds. The van der Waals surface area contributed by atoms with E-state index >= 15 is 0 Å². The molecular weight excluding hydrogens is 368 g/mol. The lowest BCUT2D eigenvalue weighted by molar-refractivity contribution is -0.122. The van der Waals surface area contributed by atoms with Gasteiger partial charge in [-0.3, -0.25) is 10.2 Å². The van der Waals surface area contributed by atoms with Gasteiger partial charge in [0, 0.05) is 24.3 Å². The third kappa shape index (κ3) is 4.94. The monoisotopic (exact) mass is 396 g/mol. The molecule has 5 nitrogen and oxygen atoms in total. The second-order valence-electron chi connectivity index (χ2n) is 7.09. The number of rotatable bonds is 7. The summed E-state index contributed by atoms with van der Waals surface area (Å²) < 4.78 is 0. The van der Waals surface area contributed by atoms with E-state index in [2.05, 4.69) is 65.1 Å². The summed E-state index contributed by atoms with van der Waals surface area (Å²) >= 11 is 3.66. The molecule has 0 saturated carbocycles. The minimum absolute atomic E-state index is 0.0213. The molecule has 1 aromatic carbocycles. The van der Waals surface area contributed by atoms with Gasteiger partial charge in [0.15, 0.2) is 0 Å². The molecule has 24 heavy (non-hydrogen) atoms. The predicted molar refractivity (Wildman–Crippen MR) is 103 cm³/mol. The van der Waals surface area contributed by atoms with E-state index in [9.17, 15) is 4.79 Å². The summed E-state index contributed by atoms with van der Waals surface area (Å²) in [7, 11) is 0. The number of carbonyl (C=O) groups is 1. The Labute approximate surface area is 153 Å². The van der Waals surface area contributed by atoms with Crippen LogP contribution in [0, 0.1) is 11.8 Å². The second kappa shape index (κ2) is 8.83. The van der Waals surface area contributed by atoms with Crippen LogP contribution in [0.2, 0.25) is 0 Å². The summed E-state index contributed by atoms with van der Waals surface area (Å²) in [4.78, 5) is 12.6. The van der Waals surface area contributed by atoms with E-state index in [1.54, 1.807) is 0 Å². The standard InChI is InChI=1S/C18H29BrN4O/c1-11(2)14(21-13-8-6-5-7-9-13)10-20-18(24)17-15(19)16(12(3)4)22-23-17/h5-9,11-12,14-17,21-23H,10H2,1-4H3,(H,20,24). The topological polar surface area (TPSA) is 65.2 Å². The van der Waals surface area contributed by atoms with Crippen molar-refractivity contribution < 1.29 is 4.79 Å². The number of hydrazine groups is 1. The lowest BCUT2D eigenvalue weighted by Gasteiger charge is -2.25. The van der Waals surface area contributed by atoms with E-state index in [0.29, 0.717) is 18.4 Å². The molecule has 2 rings (SSSR count). The van der Waals surface area contributed by atoms with Gasteiger partial charge in [-0.2, -0.15) is 0 Å². The Bertz CT molecular complexity index is 523. The Morgan fingerprint density at radius 1 is 1.17 bits per heavy atom. The number of alkyl halides is 1. The third-order valence-corrected chi connectivity index (χ3v) is 5.59. The summed E-state index contributed by atoms with van der Waals surface area (Å²) in [6.07, 6.45) is 0. The molecule has 0 aromatic heterocycles. The normalized spacial score (nSPS) is 25.0. The van der Waals surface area contributed by atoms with Crippen LogP contribution in [-0.4, -0.2) is 35.4 Å². The maximum atomic E-state index is 12.5. The van der Waals surface area contributed by atoms with Gasteiger partial charge in [-0.1, -0.05) is 61.8 Å². The van der Waals surface area contributed by atoms with Crippen LogP contribution in [0.3, 0.4) is 0 Å². The van der Waals surface area contributed by atoms with Gasteiger partial charge in [-0.15, -0.1) is 0 Å². The molecule has 1 heterocycles. The summed E-state index contributed by atoms with van der Waals surface area (Å²) in [5.74, 6) is 0.874. The maximum Gasteiger partial charge on any atom is 0.239 e. The van der Waals surface area contributed by atoms with Crippen molar-refractivity contribution in [2.45, 2.75) is 50.6 Å². The molecule has 1 saturated heterocycles. The Morgan fingerprint density at radius 3 is 2.38 bits per heavy atom. The molecule has 0 bridgehead atoms. The Kier molecular flexibility index (Phi) is 7.07. The van der Waals surface area contributed by atoms with Crippen molar-refractivity contribution in [1.82, 2.24) is 16.2 Å². The van der Waals surface area contributed by atoms with Gasteiger partial charge < -0.3 is 10.6 Å². The fraction of sp³-hybridized carbons (Fsp3) is 0.611. The lowest BCUT2D eigenvalue weighted by atomic mass is 9.99. The predicted octanol–water partition coefficient (Wildman–Crippen LogP) is 2.50. The van der Waals surface area contributed by atoms with Crippen LogP contribution in [0.1, 0.15) is 27.7 Å². The molecule has 4 unspecified atom stereocenters. The number of halogens is 1. The SMILES string of the molecule is CC(C)C(CNC(=O)C1NNC(C(C)C)C1Br)Nc1ccccc1. The molecule has 0 spiro atoms. The lowest BCUT2D eigenvalue weighted by Crippen LogP contribution is -2.49. The number of nitrogens with one attached hydrogen (secondary N) is 4. The van der Waals surface area contributed by atoms with E-state index in [-0.39, 0.29) is 28.9 Å². The molecule has 1 fully saturated rings. The van der Waals surface area contributed by atoms with Crippen molar-refractivity contribution in [3.8, 4) is 0 Å². The average Bonchev–Trinajstić information content (AvgIpc) is 2.93. The zero-order valence-corrected chi connectivity index (χ0v) is 16.4. The number of carbonyl (C=O) groups excluding carboxylic acids is 1. The fourth-order valence-electron chi connectivity index (χ4n) is 2.82.